The van der Waals surface area contributed by atoms with E-state index < -0.39 is 0 Å². The quantitative estimate of drug-likeness (QED) is 0.819. The predicted molar refractivity (Wildman–Crippen MR) is 78.8 cm³/mol. The van der Waals surface area contributed by atoms with Crippen LogP contribution in [0.25, 0.3) is 0 Å². The number of aryl methyl sites for hydroxylation is 2. The molecule has 2 aromatic rings. The second-order valence-corrected chi connectivity index (χ2v) is 4.58. The summed E-state index contributed by atoms with van der Waals surface area (Å²) in [6.45, 7) is 2.64. The lowest BCUT2D eigenvalue weighted by Gasteiger charge is -2.08. The third-order valence-electron chi connectivity index (χ3n) is 2.97. The number of rotatable bonds is 6. The fourth-order valence-corrected chi connectivity index (χ4v) is 1.92. The van der Waals surface area contributed by atoms with Gasteiger partial charge in [0, 0.05) is 13.2 Å². The third-order valence-corrected chi connectivity index (χ3v) is 2.97. The van der Waals surface area contributed by atoms with Crippen LogP contribution in [0.15, 0.2) is 30.5 Å². The maximum Gasteiger partial charge on any atom is 0.254 e. The zero-order valence-corrected chi connectivity index (χ0v) is 12.4. The summed E-state index contributed by atoms with van der Waals surface area (Å²) in [5.41, 5.74) is 1.30. The van der Waals surface area contributed by atoms with Gasteiger partial charge in [-0.3, -0.25) is 9.48 Å². The molecule has 0 unspecified atom stereocenters. The first kappa shape index (κ1) is 14.9. The summed E-state index contributed by atoms with van der Waals surface area (Å²) >= 11 is 0. The van der Waals surface area contributed by atoms with Crippen molar-refractivity contribution in [2.24, 2.45) is 7.05 Å². The van der Waals surface area contributed by atoms with E-state index in [9.17, 15) is 4.79 Å². The number of nitrogens with one attached hydrogen (secondary N) is 1. The molecule has 1 aromatic heterocycles. The highest BCUT2D eigenvalue weighted by atomic mass is 16.5. The molecular weight excluding hydrogens is 270 g/mol. The molecule has 1 heterocycles. The van der Waals surface area contributed by atoms with Crippen molar-refractivity contribution in [2.45, 2.75) is 6.92 Å². The number of nitrogens with zero attached hydrogens (tertiary/aromatic N) is 2. The van der Waals surface area contributed by atoms with Crippen molar-refractivity contribution in [1.29, 1.82) is 0 Å². The number of carbonyl (C=O) groups excluding carboxylic acids is 1. The van der Waals surface area contributed by atoms with Gasteiger partial charge >= 0.3 is 0 Å². The second kappa shape index (κ2) is 6.78. The van der Waals surface area contributed by atoms with Crippen molar-refractivity contribution in [3.05, 3.63) is 41.7 Å². The van der Waals surface area contributed by atoms with Crippen molar-refractivity contribution in [2.75, 3.05) is 20.3 Å². The van der Waals surface area contributed by atoms with Crippen LogP contribution >= 0.6 is 0 Å². The van der Waals surface area contributed by atoms with Crippen LogP contribution in [0, 0.1) is 6.92 Å². The highest BCUT2D eigenvalue weighted by Crippen LogP contribution is 2.16. The first-order valence-electron chi connectivity index (χ1n) is 6.65. The molecule has 0 fully saturated rings. The Hall–Kier alpha value is -2.50. The minimum Gasteiger partial charge on any atom is -0.497 e. The molecule has 21 heavy (non-hydrogen) atoms. The SMILES string of the molecule is COc1ccc(OCCNC(=O)c2cn(C)nc2C)cc1. The first-order valence-corrected chi connectivity index (χ1v) is 6.65. The Kier molecular flexibility index (Phi) is 4.81. The largest absolute Gasteiger partial charge is 0.497 e. The molecule has 112 valence electrons. The molecule has 0 atom stereocenters. The molecular formula is C15H19N3O3. The fraction of sp³-hybridized carbons (Fsp3) is 0.333. The highest BCUT2D eigenvalue weighted by molar-refractivity contribution is 5.94. The van der Waals surface area contributed by atoms with Crippen LogP contribution in [0.5, 0.6) is 11.5 Å². The average Bonchev–Trinajstić information content (AvgIpc) is 2.83. The minimum absolute atomic E-state index is 0.140. The molecule has 2 rings (SSSR count). The first-order chi connectivity index (χ1) is 10.1. The van der Waals surface area contributed by atoms with E-state index in [2.05, 4.69) is 10.4 Å². The van der Waals surface area contributed by atoms with Gasteiger partial charge in [-0.05, 0) is 31.2 Å². The third kappa shape index (κ3) is 3.98. The number of aromatic nitrogens is 2. The van der Waals surface area contributed by atoms with Crippen molar-refractivity contribution in [3.8, 4) is 11.5 Å². The number of methoxy groups -OCH3 is 1. The van der Waals surface area contributed by atoms with Crippen molar-refractivity contribution in [3.63, 3.8) is 0 Å². The molecule has 1 amide bonds. The van der Waals surface area contributed by atoms with E-state index >= 15 is 0 Å². The summed E-state index contributed by atoms with van der Waals surface area (Å²) in [5, 5.41) is 6.94. The van der Waals surface area contributed by atoms with Gasteiger partial charge < -0.3 is 14.8 Å². The molecule has 0 radical (unpaired) electrons. The maximum atomic E-state index is 11.9. The molecule has 1 N–H and O–H groups in total. The van der Waals surface area contributed by atoms with Gasteiger partial charge in [-0.25, -0.2) is 0 Å². The smallest absolute Gasteiger partial charge is 0.254 e. The molecule has 0 spiro atoms. The zero-order chi connectivity index (χ0) is 15.2. The Morgan fingerprint density at radius 2 is 1.95 bits per heavy atom. The topological polar surface area (TPSA) is 65.4 Å². The van der Waals surface area contributed by atoms with Crippen molar-refractivity contribution < 1.29 is 14.3 Å². The van der Waals surface area contributed by atoms with Crippen LogP contribution in [0.3, 0.4) is 0 Å². The molecule has 6 nitrogen and oxygen atoms in total. The summed E-state index contributed by atoms with van der Waals surface area (Å²) in [4.78, 5) is 11.9. The molecule has 6 heteroatoms. The van der Waals surface area contributed by atoms with E-state index in [0.29, 0.717) is 24.4 Å². The lowest BCUT2D eigenvalue weighted by Crippen LogP contribution is -2.28. The summed E-state index contributed by atoms with van der Waals surface area (Å²) in [5.74, 6) is 1.38. The monoisotopic (exact) mass is 289 g/mol. The Bertz CT molecular complexity index is 605. The van der Waals surface area contributed by atoms with Gasteiger partial charge in [-0.2, -0.15) is 5.10 Å². The number of carbonyl (C=O) groups is 1. The highest BCUT2D eigenvalue weighted by Gasteiger charge is 2.11. The minimum atomic E-state index is -0.140. The summed E-state index contributed by atoms with van der Waals surface area (Å²) in [7, 11) is 3.41. The van der Waals surface area contributed by atoms with Crippen LogP contribution < -0.4 is 14.8 Å². The van der Waals surface area contributed by atoms with E-state index in [-0.39, 0.29) is 5.91 Å². The Balaban J connectivity index is 1.76. The number of benzene rings is 1. The normalized spacial score (nSPS) is 10.2. The van der Waals surface area contributed by atoms with Gasteiger partial charge in [0.2, 0.25) is 0 Å². The lowest BCUT2D eigenvalue weighted by molar-refractivity contribution is 0.0946. The number of hydrogen-bond acceptors (Lipinski definition) is 4. The number of hydrogen-bond donors (Lipinski definition) is 1. The fourth-order valence-electron chi connectivity index (χ4n) is 1.92. The lowest BCUT2D eigenvalue weighted by atomic mass is 10.2. The van der Waals surface area contributed by atoms with Crippen LogP contribution in [-0.2, 0) is 7.05 Å². The molecule has 0 aliphatic heterocycles. The van der Waals surface area contributed by atoms with Gasteiger partial charge in [-0.15, -0.1) is 0 Å². The van der Waals surface area contributed by atoms with Gasteiger partial charge in [-0.1, -0.05) is 0 Å². The van der Waals surface area contributed by atoms with Gasteiger partial charge in [0.15, 0.2) is 0 Å². The molecule has 0 aliphatic carbocycles. The zero-order valence-electron chi connectivity index (χ0n) is 12.4. The van der Waals surface area contributed by atoms with Gasteiger partial charge in [0.1, 0.15) is 18.1 Å². The standard InChI is InChI=1S/C15H19N3O3/c1-11-14(10-18(2)17-11)15(19)16-8-9-21-13-6-4-12(20-3)5-7-13/h4-7,10H,8-9H2,1-3H3,(H,16,19). The van der Waals surface area contributed by atoms with E-state index in [1.165, 1.54) is 0 Å². The molecule has 1 aromatic carbocycles. The molecule has 0 aliphatic rings. The molecule has 0 saturated carbocycles. The van der Waals surface area contributed by atoms with E-state index in [1.54, 1.807) is 25.0 Å². The molecule has 0 saturated heterocycles. The van der Waals surface area contributed by atoms with E-state index in [0.717, 1.165) is 11.5 Å². The number of ether oxygens (including phenoxy) is 2. The van der Waals surface area contributed by atoms with Crippen LogP contribution in [0.4, 0.5) is 0 Å². The van der Waals surface area contributed by atoms with Crippen molar-refractivity contribution in [1.82, 2.24) is 15.1 Å². The van der Waals surface area contributed by atoms with Crippen LogP contribution in [0.2, 0.25) is 0 Å². The van der Waals surface area contributed by atoms with E-state index in [4.69, 9.17) is 9.47 Å². The van der Waals surface area contributed by atoms with E-state index in [1.807, 2.05) is 31.2 Å². The summed E-state index contributed by atoms with van der Waals surface area (Å²) in [6.07, 6.45) is 1.70. The Morgan fingerprint density at radius 1 is 1.29 bits per heavy atom. The van der Waals surface area contributed by atoms with Crippen molar-refractivity contribution >= 4 is 5.91 Å². The van der Waals surface area contributed by atoms with Gasteiger partial charge in [0.05, 0.1) is 24.9 Å². The van der Waals surface area contributed by atoms with Crippen LogP contribution in [-0.4, -0.2) is 35.9 Å². The predicted octanol–water partition coefficient (Wildman–Crippen LogP) is 1.55. The number of amides is 1. The summed E-state index contributed by atoms with van der Waals surface area (Å²) < 4.78 is 12.2. The van der Waals surface area contributed by atoms with Crippen LogP contribution in [0.1, 0.15) is 16.1 Å². The van der Waals surface area contributed by atoms with Gasteiger partial charge in [0.25, 0.3) is 5.91 Å². The Labute approximate surface area is 123 Å². The maximum absolute atomic E-state index is 11.9. The average molecular weight is 289 g/mol. The summed E-state index contributed by atoms with van der Waals surface area (Å²) in [6, 6.07) is 7.30. The Morgan fingerprint density at radius 3 is 2.52 bits per heavy atom. The molecule has 0 bridgehead atoms. The second-order valence-electron chi connectivity index (χ2n) is 4.58.